The molecule has 0 heterocycles. The third-order valence-electron chi connectivity index (χ3n) is 1.97. The second-order valence-corrected chi connectivity index (χ2v) is 3.26. The highest BCUT2D eigenvalue weighted by molar-refractivity contribution is 6.63. The number of rotatable bonds is 5. The lowest BCUT2D eigenvalue weighted by Crippen LogP contribution is -2.23. The Labute approximate surface area is 99.0 Å². The third-order valence-corrected chi connectivity index (χ3v) is 1.97. The fraction of sp³-hybridized carbons (Fsp3) is 0.250. The van der Waals surface area contributed by atoms with Gasteiger partial charge in [-0.15, -0.1) is 0 Å². The Morgan fingerprint density at radius 3 is 2.47 bits per heavy atom. The van der Waals surface area contributed by atoms with Crippen molar-refractivity contribution in [2.24, 2.45) is 5.16 Å². The maximum Gasteiger partial charge on any atom is 0.380 e. The number of ketones is 1. The molecule has 0 saturated heterocycles. The van der Waals surface area contributed by atoms with E-state index in [-0.39, 0.29) is 12.3 Å². The van der Waals surface area contributed by atoms with Crippen LogP contribution >= 0.6 is 0 Å². The van der Waals surface area contributed by atoms with Gasteiger partial charge in [-0.2, -0.15) is 0 Å². The average Bonchev–Trinajstić information content (AvgIpc) is 2.38. The highest BCUT2D eigenvalue weighted by Crippen LogP contribution is 2.00. The van der Waals surface area contributed by atoms with Crippen molar-refractivity contribution >= 4 is 17.5 Å². The van der Waals surface area contributed by atoms with Crippen LogP contribution in [0.5, 0.6) is 0 Å². The van der Waals surface area contributed by atoms with Crippen LogP contribution in [-0.4, -0.2) is 24.6 Å². The monoisotopic (exact) mass is 235 g/mol. The quantitative estimate of drug-likeness (QED) is 0.334. The summed E-state index contributed by atoms with van der Waals surface area (Å²) in [7, 11) is 1.14. The summed E-state index contributed by atoms with van der Waals surface area (Å²) < 4.78 is 4.27. The van der Waals surface area contributed by atoms with E-state index in [1.807, 2.05) is 30.3 Å². The van der Waals surface area contributed by atoms with Crippen LogP contribution in [-0.2, 0) is 25.8 Å². The highest BCUT2D eigenvalue weighted by Gasteiger charge is 2.17. The number of carbonyl (C=O) groups excluding carboxylic acids is 2. The van der Waals surface area contributed by atoms with Crippen molar-refractivity contribution in [3.63, 3.8) is 0 Å². The summed E-state index contributed by atoms with van der Waals surface area (Å²) in [6.07, 6.45) is 0. The molecule has 0 amide bonds. The molecular formula is C12H13NO4. The van der Waals surface area contributed by atoms with Crippen molar-refractivity contribution in [3.8, 4) is 0 Å². The van der Waals surface area contributed by atoms with Gasteiger partial charge in [0, 0.05) is 0 Å². The van der Waals surface area contributed by atoms with Crippen LogP contribution in [0.1, 0.15) is 12.5 Å². The number of ether oxygens (including phenoxy) is 1. The van der Waals surface area contributed by atoms with E-state index < -0.39 is 11.8 Å². The van der Waals surface area contributed by atoms with Crippen molar-refractivity contribution in [1.82, 2.24) is 0 Å². The minimum atomic E-state index is -0.949. The third kappa shape index (κ3) is 4.06. The second kappa shape index (κ2) is 6.42. The maximum absolute atomic E-state index is 11.2. The number of methoxy groups -OCH3 is 1. The number of hydrogen-bond donors (Lipinski definition) is 0. The van der Waals surface area contributed by atoms with Crippen LogP contribution in [0, 0.1) is 0 Å². The van der Waals surface area contributed by atoms with Crippen LogP contribution in [0.3, 0.4) is 0 Å². The lowest BCUT2D eigenvalue weighted by Gasteiger charge is -2.01. The Morgan fingerprint density at radius 1 is 1.24 bits per heavy atom. The summed E-state index contributed by atoms with van der Waals surface area (Å²) in [5.41, 5.74) is 0.891. The van der Waals surface area contributed by atoms with Crippen LogP contribution in [0.25, 0.3) is 0 Å². The first-order valence-corrected chi connectivity index (χ1v) is 4.98. The molecule has 5 nitrogen and oxygen atoms in total. The molecule has 1 rings (SSSR count). The van der Waals surface area contributed by atoms with E-state index in [2.05, 4.69) is 9.89 Å². The van der Waals surface area contributed by atoms with E-state index in [0.717, 1.165) is 12.7 Å². The summed E-state index contributed by atoms with van der Waals surface area (Å²) in [6, 6.07) is 9.36. The van der Waals surface area contributed by atoms with Gasteiger partial charge in [-0.1, -0.05) is 35.5 Å². The number of oxime groups is 1. The molecule has 0 atom stereocenters. The topological polar surface area (TPSA) is 65.0 Å². The van der Waals surface area contributed by atoms with Gasteiger partial charge in [0.05, 0.1) is 7.11 Å². The fourth-order valence-corrected chi connectivity index (χ4v) is 1.06. The molecule has 0 aliphatic heterocycles. The lowest BCUT2D eigenvalue weighted by molar-refractivity contribution is -0.148. The van der Waals surface area contributed by atoms with Gasteiger partial charge in [-0.3, -0.25) is 4.79 Å². The Bertz CT molecular complexity index is 425. The van der Waals surface area contributed by atoms with E-state index >= 15 is 0 Å². The van der Waals surface area contributed by atoms with Gasteiger partial charge in [-0.05, 0) is 12.5 Å². The molecule has 0 fully saturated rings. The summed E-state index contributed by atoms with van der Waals surface area (Å²) in [5.74, 6) is -1.75. The van der Waals surface area contributed by atoms with E-state index in [1.165, 1.54) is 6.92 Å². The molecule has 0 unspecified atom stereocenters. The normalized spacial score (nSPS) is 10.8. The molecule has 90 valence electrons. The summed E-state index contributed by atoms with van der Waals surface area (Å²) >= 11 is 0. The van der Waals surface area contributed by atoms with Crippen LogP contribution in [0.15, 0.2) is 35.5 Å². The first-order chi connectivity index (χ1) is 8.15. The van der Waals surface area contributed by atoms with Crippen molar-refractivity contribution in [2.45, 2.75) is 13.5 Å². The number of esters is 1. The minimum absolute atomic E-state index is 0.0345. The number of nitrogens with zero attached hydrogens (tertiary/aromatic N) is 1. The zero-order valence-corrected chi connectivity index (χ0v) is 9.67. The molecule has 0 spiro atoms. The van der Waals surface area contributed by atoms with Crippen LogP contribution < -0.4 is 0 Å². The summed E-state index contributed by atoms with van der Waals surface area (Å²) in [6.45, 7) is 1.64. The Kier molecular flexibility index (Phi) is 4.87. The standard InChI is InChI=1S/C12H13NO4/c1-9(11(14)12(15)16-2)13-17-8-10-6-4-3-5-7-10/h3-7H,8H2,1-2H3/b13-9+. The fourth-order valence-electron chi connectivity index (χ4n) is 1.06. The van der Waals surface area contributed by atoms with Gasteiger partial charge < -0.3 is 9.57 Å². The first-order valence-electron chi connectivity index (χ1n) is 4.98. The van der Waals surface area contributed by atoms with Crippen molar-refractivity contribution in [2.75, 3.05) is 7.11 Å². The van der Waals surface area contributed by atoms with Crippen LogP contribution in [0.2, 0.25) is 0 Å². The van der Waals surface area contributed by atoms with E-state index in [0.29, 0.717) is 0 Å². The largest absolute Gasteiger partial charge is 0.463 e. The maximum atomic E-state index is 11.2. The smallest absolute Gasteiger partial charge is 0.380 e. The van der Waals surface area contributed by atoms with Gasteiger partial charge in [0.25, 0.3) is 5.78 Å². The summed E-state index contributed by atoms with van der Waals surface area (Å²) in [5, 5.41) is 3.55. The molecule has 0 aromatic heterocycles. The molecule has 1 aromatic rings. The van der Waals surface area contributed by atoms with Crippen LogP contribution in [0.4, 0.5) is 0 Å². The molecule has 0 aliphatic rings. The zero-order valence-electron chi connectivity index (χ0n) is 9.67. The van der Waals surface area contributed by atoms with Crippen molar-refractivity contribution < 1.29 is 19.2 Å². The first kappa shape index (κ1) is 12.9. The van der Waals surface area contributed by atoms with Crippen molar-refractivity contribution in [1.29, 1.82) is 0 Å². The van der Waals surface area contributed by atoms with Gasteiger partial charge in [0.1, 0.15) is 12.3 Å². The van der Waals surface area contributed by atoms with E-state index in [1.54, 1.807) is 0 Å². The predicted octanol–water partition coefficient (Wildman–Crippen LogP) is 1.32. The highest BCUT2D eigenvalue weighted by atomic mass is 16.6. The SMILES string of the molecule is COC(=O)C(=O)/C(C)=N/OCc1ccccc1. The second-order valence-electron chi connectivity index (χ2n) is 3.26. The number of carbonyl (C=O) groups is 2. The molecule has 1 aromatic carbocycles. The number of Topliss-reactive ketones (excluding diaryl/α,β-unsaturated/α-hetero) is 1. The molecule has 0 radical (unpaired) electrons. The molecular weight excluding hydrogens is 222 g/mol. The number of benzene rings is 1. The van der Waals surface area contributed by atoms with Gasteiger partial charge in [0.2, 0.25) is 0 Å². The average molecular weight is 235 g/mol. The zero-order chi connectivity index (χ0) is 12.7. The Balaban J connectivity index is 2.49. The van der Waals surface area contributed by atoms with E-state index in [4.69, 9.17) is 4.84 Å². The Hall–Kier alpha value is -2.17. The van der Waals surface area contributed by atoms with Crippen molar-refractivity contribution in [3.05, 3.63) is 35.9 Å². The molecule has 0 aliphatic carbocycles. The minimum Gasteiger partial charge on any atom is -0.463 e. The van der Waals surface area contributed by atoms with Gasteiger partial charge >= 0.3 is 5.97 Å². The van der Waals surface area contributed by atoms with Gasteiger partial charge in [0.15, 0.2) is 0 Å². The molecule has 0 saturated carbocycles. The predicted molar refractivity (Wildman–Crippen MR) is 61.4 cm³/mol. The number of hydrogen-bond acceptors (Lipinski definition) is 5. The van der Waals surface area contributed by atoms with Gasteiger partial charge in [-0.25, -0.2) is 4.79 Å². The molecule has 17 heavy (non-hydrogen) atoms. The Morgan fingerprint density at radius 2 is 1.88 bits per heavy atom. The molecule has 0 bridgehead atoms. The van der Waals surface area contributed by atoms with E-state index in [9.17, 15) is 9.59 Å². The molecule has 0 N–H and O–H groups in total. The molecule has 5 heteroatoms. The lowest BCUT2D eigenvalue weighted by atomic mass is 10.2. The summed E-state index contributed by atoms with van der Waals surface area (Å²) in [4.78, 5) is 27.1.